The van der Waals surface area contributed by atoms with Crippen LogP contribution in [0.3, 0.4) is 0 Å². The maximum atomic E-state index is 11.8. The molecule has 0 saturated carbocycles. The Morgan fingerprint density at radius 2 is 2.40 bits per heavy atom. The molecule has 5 atom stereocenters. The normalized spacial score (nSPS) is 33.8. The van der Waals surface area contributed by atoms with Crippen molar-refractivity contribution in [3.05, 3.63) is 16.7 Å². The van der Waals surface area contributed by atoms with E-state index < -0.39 is 44.0 Å². The minimum Gasteiger partial charge on any atom is -0.756 e. The van der Waals surface area contributed by atoms with Crippen LogP contribution in [-0.4, -0.2) is 60.5 Å². The lowest BCUT2D eigenvalue weighted by Crippen LogP contribution is -2.45. The molecule has 2 fully saturated rings. The van der Waals surface area contributed by atoms with Gasteiger partial charge in [-0.15, -0.1) is 0 Å². The number of aliphatic hydroxyl groups excluding tert-OH is 1. The van der Waals surface area contributed by atoms with Gasteiger partial charge >= 0.3 is 0 Å². The van der Waals surface area contributed by atoms with Gasteiger partial charge < -0.3 is 34.6 Å². The van der Waals surface area contributed by atoms with E-state index in [9.17, 15) is 19.4 Å². The van der Waals surface area contributed by atoms with Crippen molar-refractivity contribution in [1.82, 2.24) is 19.5 Å². The molecule has 2 aromatic rings. The second-order valence-corrected chi connectivity index (χ2v) is 7.01. The molecule has 2 unspecified atom stereocenters. The summed E-state index contributed by atoms with van der Waals surface area (Å²) in [6, 6.07) is 0. The molecule has 136 valence electrons. The van der Waals surface area contributed by atoms with E-state index in [1.165, 1.54) is 10.9 Å². The Bertz CT molecular complexity index is 938. The molecule has 5 N–H and O–H groups in total. The number of fused-ring (bicyclic) bond motifs is 3. The third kappa shape index (κ3) is 2.57. The lowest BCUT2D eigenvalue weighted by Gasteiger charge is -2.32. The van der Waals surface area contributed by atoms with E-state index in [0.717, 1.165) is 0 Å². The molecule has 0 amide bonds. The lowest BCUT2D eigenvalue weighted by molar-refractivity contribution is -0.232. The molecule has 4 heterocycles. The standard InChI is InChI=1S/C11H14N5O8P/c12-10-14-7-4(8(18)15-10)13-3-16(7)9-5-6(17)11(24-9,1-22-5)2-23-25(19,20)21/h3,5-6,9,17H,1-2H2,(H2,19,20,21)(H3,12,14,15,18)/p-1/t5?,6-,9-,11-/m1/s1. The summed E-state index contributed by atoms with van der Waals surface area (Å²) < 4.78 is 27.8. The van der Waals surface area contributed by atoms with Crippen molar-refractivity contribution in [3.8, 4) is 0 Å². The van der Waals surface area contributed by atoms with Crippen LogP contribution in [0.2, 0.25) is 0 Å². The van der Waals surface area contributed by atoms with Gasteiger partial charge in [0.2, 0.25) is 5.95 Å². The Hall–Kier alpha value is -1.86. The molecule has 2 saturated heterocycles. The Morgan fingerprint density at radius 1 is 1.64 bits per heavy atom. The topological polar surface area (TPSA) is 198 Å². The number of imidazole rings is 1. The van der Waals surface area contributed by atoms with E-state index in [4.69, 9.17) is 20.1 Å². The number of aliphatic hydroxyl groups is 1. The molecule has 4 rings (SSSR count). The van der Waals surface area contributed by atoms with Gasteiger partial charge in [-0.1, -0.05) is 0 Å². The van der Waals surface area contributed by atoms with Crippen molar-refractivity contribution in [2.24, 2.45) is 0 Å². The third-order valence-electron chi connectivity index (χ3n) is 4.20. The van der Waals surface area contributed by atoms with Crippen LogP contribution in [0.25, 0.3) is 11.2 Å². The quantitative estimate of drug-likeness (QED) is 0.403. The number of anilines is 1. The van der Waals surface area contributed by atoms with Crippen LogP contribution in [0.5, 0.6) is 0 Å². The van der Waals surface area contributed by atoms with Crippen LogP contribution in [-0.2, 0) is 18.6 Å². The minimum atomic E-state index is -5.00. The number of H-pyrrole nitrogens is 1. The highest BCUT2D eigenvalue weighted by Gasteiger charge is 2.62. The number of hydrogen-bond acceptors (Lipinski definition) is 10. The van der Waals surface area contributed by atoms with Crippen molar-refractivity contribution in [1.29, 1.82) is 0 Å². The number of nitrogens with two attached hydrogens (primary N) is 1. The predicted molar refractivity (Wildman–Crippen MR) is 76.9 cm³/mol. The Balaban J connectivity index is 1.70. The summed E-state index contributed by atoms with van der Waals surface area (Å²) in [6.45, 7) is -0.778. The fourth-order valence-corrected chi connectivity index (χ4v) is 3.44. The zero-order valence-corrected chi connectivity index (χ0v) is 13.3. The SMILES string of the molecule is Nc1nc2c(ncn2[C@@H]2O[C@@]3(COP(=O)([O-])O)COC2[C@H]3O)c(=O)[nH]1. The summed E-state index contributed by atoms with van der Waals surface area (Å²) in [5.41, 5.74) is 3.62. The first kappa shape index (κ1) is 16.6. The van der Waals surface area contributed by atoms with Gasteiger partial charge in [-0.25, -0.2) is 4.98 Å². The number of nitrogens with one attached hydrogen (secondary N) is 1. The van der Waals surface area contributed by atoms with E-state index in [1.54, 1.807) is 0 Å². The van der Waals surface area contributed by atoms with Crippen LogP contribution < -0.4 is 16.2 Å². The number of aromatic nitrogens is 4. The molecule has 0 spiro atoms. The smallest absolute Gasteiger partial charge is 0.280 e. The second kappa shape index (κ2) is 5.32. The maximum Gasteiger partial charge on any atom is 0.280 e. The number of nitrogen functional groups attached to an aromatic ring is 1. The van der Waals surface area contributed by atoms with E-state index in [0.29, 0.717) is 0 Å². The maximum absolute atomic E-state index is 11.8. The number of phosphoric ester groups is 1. The van der Waals surface area contributed by atoms with Crippen molar-refractivity contribution < 1.29 is 33.5 Å². The fourth-order valence-electron chi connectivity index (χ4n) is 3.06. The molecular weight excluding hydrogens is 361 g/mol. The third-order valence-corrected chi connectivity index (χ3v) is 4.66. The van der Waals surface area contributed by atoms with Crippen LogP contribution in [0.1, 0.15) is 6.23 Å². The number of phosphoric acid groups is 1. The van der Waals surface area contributed by atoms with Gasteiger partial charge in [0.25, 0.3) is 13.4 Å². The number of aromatic amines is 1. The van der Waals surface area contributed by atoms with Crippen molar-refractivity contribution in [2.75, 3.05) is 18.9 Å². The Morgan fingerprint density at radius 3 is 3.12 bits per heavy atom. The van der Waals surface area contributed by atoms with E-state index in [-0.39, 0.29) is 23.7 Å². The van der Waals surface area contributed by atoms with Crippen molar-refractivity contribution >= 4 is 24.9 Å². The molecule has 0 aliphatic carbocycles. The fraction of sp³-hybridized carbons (Fsp3) is 0.545. The minimum absolute atomic E-state index is 0.0137. The summed E-state index contributed by atoms with van der Waals surface area (Å²) >= 11 is 0. The van der Waals surface area contributed by atoms with Crippen molar-refractivity contribution in [2.45, 2.75) is 24.0 Å². The summed E-state index contributed by atoms with van der Waals surface area (Å²) in [4.78, 5) is 41.7. The van der Waals surface area contributed by atoms with E-state index in [2.05, 4.69) is 19.5 Å². The second-order valence-electron chi connectivity index (χ2n) is 5.81. The summed E-state index contributed by atoms with van der Waals surface area (Å²) in [5.74, 6) is -0.130. The van der Waals surface area contributed by atoms with E-state index >= 15 is 0 Å². The first-order chi connectivity index (χ1) is 11.7. The van der Waals surface area contributed by atoms with Gasteiger partial charge in [-0.05, 0) is 0 Å². The lowest BCUT2D eigenvalue weighted by atomic mass is 10.0. The van der Waals surface area contributed by atoms with Crippen LogP contribution in [0.15, 0.2) is 11.1 Å². The number of hydrogen-bond donors (Lipinski definition) is 4. The number of nitrogens with zero attached hydrogens (tertiary/aromatic N) is 3. The molecule has 14 heteroatoms. The van der Waals surface area contributed by atoms with E-state index in [1.807, 2.05) is 0 Å². The molecule has 2 aliphatic rings. The molecule has 0 aromatic carbocycles. The highest BCUT2D eigenvalue weighted by atomic mass is 31.2. The molecule has 2 aliphatic heterocycles. The molecule has 2 aromatic heterocycles. The van der Waals surface area contributed by atoms with Crippen molar-refractivity contribution in [3.63, 3.8) is 0 Å². The van der Waals surface area contributed by atoms with Gasteiger partial charge in [-0.2, -0.15) is 4.98 Å². The highest BCUT2D eigenvalue weighted by molar-refractivity contribution is 7.44. The van der Waals surface area contributed by atoms with Gasteiger partial charge in [0, 0.05) is 0 Å². The molecule has 2 bridgehead atoms. The Labute approximate surface area is 138 Å². The van der Waals surface area contributed by atoms with Gasteiger partial charge in [0.1, 0.15) is 17.8 Å². The first-order valence-corrected chi connectivity index (χ1v) is 8.58. The van der Waals surface area contributed by atoms with Crippen LogP contribution in [0, 0.1) is 0 Å². The molecule has 25 heavy (non-hydrogen) atoms. The van der Waals surface area contributed by atoms with Gasteiger partial charge in [-0.3, -0.25) is 18.9 Å². The van der Waals surface area contributed by atoms with Crippen LogP contribution >= 0.6 is 7.82 Å². The molecule has 0 radical (unpaired) electrons. The zero-order valence-electron chi connectivity index (χ0n) is 12.4. The van der Waals surface area contributed by atoms with Gasteiger partial charge in [0.15, 0.2) is 17.4 Å². The highest BCUT2D eigenvalue weighted by Crippen LogP contribution is 2.47. The molecular formula is C11H13N5O8P-. The number of ether oxygens (including phenoxy) is 2. The predicted octanol–water partition coefficient (Wildman–Crippen LogP) is -2.79. The first-order valence-electron chi connectivity index (χ1n) is 7.08. The average Bonchev–Trinajstić information content (AvgIpc) is 3.15. The van der Waals surface area contributed by atoms with Gasteiger partial charge in [0.05, 0.1) is 19.5 Å². The summed E-state index contributed by atoms with van der Waals surface area (Å²) in [6.07, 6.45) is -1.79. The van der Waals surface area contributed by atoms with Crippen LogP contribution in [0.4, 0.5) is 5.95 Å². The summed E-state index contributed by atoms with van der Waals surface area (Å²) in [7, 11) is -5.00. The largest absolute Gasteiger partial charge is 0.756 e. The zero-order chi connectivity index (χ0) is 18.0. The molecule has 13 nitrogen and oxygen atoms in total. The number of rotatable bonds is 4. The monoisotopic (exact) mass is 374 g/mol. The average molecular weight is 374 g/mol. The summed E-state index contributed by atoms with van der Waals surface area (Å²) in [5, 5.41) is 10.4. The Kier molecular flexibility index (Phi) is 3.53.